The summed E-state index contributed by atoms with van der Waals surface area (Å²) in [6.07, 6.45) is -1.43. The first-order valence-electron chi connectivity index (χ1n) is 15.6. The van der Waals surface area contributed by atoms with Crippen molar-refractivity contribution in [1.29, 1.82) is 0 Å². The smallest absolute Gasteiger partial charge is 0.336 e. The molecule has 0 aliphatic carbocycles. The Morgan fingerprint density at radius 3 is 1.56 bits per heavy atom. The summed E-state index contributed by atoms with van der Waals surface area (Å²) in [5.74, 6) is -0.535. The van der Waals surface area contributed by atoms with Gasteiger partial charge in [-0.3, -0.25) is 0 Å². The van der Waals surface area contributed by atoms with Gasteiger partial charge in [-0.15, -0.1) is 0 Å². The molecule has 0 aliphatic heterocycles. The minimum atomic E-state index is -2.84. The number of ether oxygens (including phenoxy) is 3. The van der Waals surface area contributed by atoms with Gasteiger partial charge in [0.05, 0.1) is 32.5 Å². The van der Waals surface area contributed by atoms with E-state index < -0.39 is 32.5 Å². The Balaban J connectivity index is 1.66. The van der Waals surface area contributed by atoms with Crippen LogP contribution in [0.3, 0.4) is 0 Å². The molecule has 4 aromatic rings. The molecule has 4 aromatic carbocycles. The fourth-order valence-electron chi connectivity index (χ4n) is 5.89. The number of nitrogens with two attached hydrogens (primary N) is 1. The van der Waals surface area contributed by atoms with E-state index in [1.807, 2.05) is 72.8 Å². The van der Waals surface area contributed by atoms with Gasteiger partial charge in [0.15, 0.2) is 6.10 Å². The number of esters is 1. The minimum Gasteiger partial charge on any atom is -0.467 e. The molecule has 0 fully saturated rings. The van der Waals surface area contributed by atoms with Crippen molar-refractivity contribution in [2.24, 2.45) is 5.73 Å². The quantitative estimate of drug-likeness (QED) is 0.129. The summed E-state index contributed by atoms with van der Waals surface area (Å²) in [6.45, 7) is 9.39. The van der Waals surface area contributed by atoms with Crippen LogP contribution in [-0.2, 0) is 36.6 Å². The number of hydrogen-bond donors (Lipinski definition) is 1. The number of hydrogen-bond acceptors (Lipinski definition) is 6. The molecule has 0 unspecified atom stereocenters. The third kappa shape index (κ3) is 8.78. The number of carbonyl (C=O) groups is 1. The highest BCUT2D eigenvalue weighted by Gasteiger charge is 2.51. The summed E-state index contributed by atoms with van der Waals surface area (Å²) in [4.78, 5) is 13.1. The zero-order chi connectivity index (χ0) is 32.3. The van der Waals surface area contributed by atoms with Crippen molar-refractivity contribution in [3.05, 3.63) is 132 Å². The summed E-state index contributed by atoms with van der Waals surface area (Å²) >= 11 is 0. The highest BCUT2D eigenvalue weighted by molar-refractivity contribution is 6.99. The predicted octanol–water partition coefficient (Wildman–Crippen LogP) is 6.01. The van der Waals surface area contributed by atoms with E-state index in [4.69, 9.17) is 24.4 Å². The van der Waals surface area contributed by atoms with Gasteiger partial charge in [0, 0.05) is 6.10 Å². The SMILES string of the molecule is COC(=O)[C@@H](OCc1ccccc1)[C@H](N)[C@H](C[C@H](C)O[Si](c1ccccc1)(c1ccccc1)C(C)(C)C)OCc1ccccc1. The monoisotopic (exact) mass is 625 g/mol. The minimum absolute atomic E-state index is 0.195. The fourth-order valence-corrected chi connectivity index (χ4v) is 10.6. The number of carbonyl (C=O) groups excluding carboxylic acids is 1. The normalized spacial score (nSPS) is 14.7. The lowest BCUT2D eigenvalue weighted by Gasteiger charge is -2.45. The molecular weight excluding hydrogens is 579 g/mol. The van der Waals surface area contributed by atoms with Gasteiger partial charge >= 0.3 is 5.97 Å². The van der Waals surface area contributed by atoms with Gasteiger partial charge in [-0.2, -0.15) is 0 Å². The van der Waals surface area contributed by atoms with Crippen molar-refractivity contribution in [3.8, 4) is 0 Å². The van der Waals surface area contributed by atoms with Crippen LogP contribution in [0.5, 0.6) is 0 Å². The van der Waals surface area contributed by atoms with E-state index in [-0.39, 0.29) is 17.7 Å². The van der Waals surface area contributed by atoms with Gasteiger partial charge in [-0.25, -0.2) is 4.79 Å². The molecule has 238 valence electrons. The zero-order valence-corrected chi connectivity index (χ0v) is 28.1. The van der Waals surface area contributed by atoms with Crippen molar-refractivity contribution < 1.29 is 23.4 Å². The molecule has 4 rings (SSSR count). The Morgan fingerprint density at radius 1 is 0.711 bits per heavy atom. The molecule has 0 spiro atoms. The van der Waals surface area contributed by atoms with Gasteiger partial charge < -0.3 is 24.4 Å². The third-order valence-corrected chi connectivity index (χ3v) is 13.3. The van der Waals surface area contributed by atoms with Crippen LogP contribution in [0.2, 0.25) is 5.04 Å². The lowest BCUT2D eigenvalue weighted by atomic mass is 10.00. The molecule has 0 bridgehead atoms. The summed E-state index contributed by atoms with van der Waals surface area (Å²) < 4.78 is 25.2. The van der Waals surface area contributed by atoms with E-state index in [2.05, 4.69) is 76.2 Å². The second-order valence-electron chi connectivity index (χ2n) is 12.5. The Hall–Kier alpha value is -3.59. The Kier molecular flexibility index (Phi) is 12.3. The summed E-state index contributed by atoms with van der Waals surface area (Å²) in [7, 11) is -1.49. The average Bonchev–Trinajstić information content (AvgIpc) is 3.06. The molecule has 6 nitrogen and oxygen atoms in total. The highest BCUT2D eigenvalue weighted by Crippen LogP contribution is 2.38. The first kappa shape index (κ1) is 34.3. The Morgan fingerprint density at radius 2 is 1.13 bits per heavy atom. The van der Waals surface area contributed by atoms with Gasteiger partial charge in [-0.05, 0) is 39.9 Å². The van der Waals surface area contributed by atoms with Gasteiger partial charge in [0.2, 0.25) is 0 Å². The first-order chi connectivity index (χ1) is 21.7. The lowest BCUT2D eigenvalue weighted by Crippen LogP contribution is -2.67. The zero-order valence-electron chi connectivity index (χ0n) is 27.1. The van der Waals surface area contributed by atoms with Crippen LogP contribution in [0.1, 0.15) is 45.2 Å². The van der Waals surface area contributed by atoms with Crippen molar-refractivity contribution in [2.45, 2.75) is 76.7 Å². The van der Waals surface area contributed by atoms with Crippen LogP contribution in [0, 0.1) is 0 Å². The maximum absolute atomic E-state index is 13.1. The van der Waals surface area contributed by atoms with E-state index in [1.165, 1.54) is 17.5 Å². The van der Waals surface area contributed by atoms with Crippen LogP contribution >= 0.6 is 0 Å². The molecule has 4 atom stereocenters. The average molecular weight is 626 g/mol. The Labute approximate surface area is 269 Å². The van der Waals surface area contributed by atoms with Crippen molar-refractivity contribution in [1.82, 2.24) is 0 Å². The van der Waals surface area contributed by atoms with E-state index in [0.29, 0.717) is 13.0 Å². The largest absolute Gasteiger partial charge is 0.467 e. The van der Waals surface area contributed by atoms with E-state index >= 15 is 0 Å². The van der Waals surface area contributed by atoms with Crippen LogP contribution < -0.4 is 16.1 Å². The molecule has 45 heavy (non-hydrogen) atoms. The second kappa shape index (κ2) is 16.1. The molecule has 0 aromatic heterocycles. The van der Waals surface area contributed by atoms with E-state index in [0.717, 1.165) is 11.1 Å². The Bertz CT molecular complexity index is 1390. The van der Waals surface area contributed by atoms with Crippen LogP contribution in [0.4, 0.5) is 0 Å². The topological polar surface area (TPSA) is 80.0 Å². The maximum Gasteiger partial charge on any atom is 0.336 e. The van der Waals surface area contributed by atoms with Crippen LogP contribution in [-0.4, -0.2) is 45.8 Å². The fraction of sp³-hybridized carbons (Fsp3) is 0.342. The first-order valence-corrected chi connectivity index (χ1v) is 17.5. The molecule has 0 radical (unpaired) electrons. The molecule has 0 saturated carbocycles. The van der Waals surface area contributed by atoms with E-state index in [1.54, 1.807) is 0 Å². The number of benzene rings is 4. The van der Waals surface area contributed by atoms with Gasteiger partial charge in [0.1, 0.15) is 0 Å². The molecule has 0 heterocycles. The third-order valence-electron chi connectivity index (χ3n) is 8.15. The van der Waals surface area contributed by atoms with Crippen molar-refractivity contribution >= 4 is 24.7 Å². The maximum atomic E-state index is 13.1. The highest BCUT2D eigenvalue weighted by atomic mass is 28.4. The standard InChI is InChI=1S/C38H47NO5Si/c1-29(44-45(38(2,3)4,32-22-14-8-15-23-32)33-24-16-9-17-25-33)26-34(42-27-30-18-10-6-11-19-30)35(39)36(37(40)41-5)43-28-31-20-12-7-13-21-31/h6-25,29,34-36H,26-28,39H2,1-5H3/t29-,34-,35+,36-/m0/s1. The van der Waals surface area contributed by atoms with Gasteiger partial charge in [-0.1, -0.05) is 142 Å². The molecule has 0 amide bonds. The van der Waals surface area contributed by atoms with E-state index in [9.17, 15) is 4.79 Å². The molecule has 0 saturated heterocycles. The molecular formula is C38H47NO5Si. The number of rotatable bonds is 15. The summed E-state index contributed by atoms with van der Waals surface area (Å²) in [5, 5.41) is 2.19. The van der Waals surface area contributed by atoms with Crippen LogP contribution in [0.25, 0.3) is 0 Å². The number of methoxy groups -OCH3 is 1. The van der Waals surface area contributed by atoms with Crippen molar-refractivity contribution in [2.75, 3.05) is 7.11 Å². The lowest BCUT2D eigenvalue weighted by molar-refractivity contribution is -0.160. The van der Waals surface area contributed by atoms with Crippen molar-refractivity contribution in [3.63, 3.8) is 0 Å². The summed E-state index contributed by atoms with van der Waals surface area (Å²) in [6, 6.07) is 39.9. The van der Waals surface area contributed by atoms with Gasteiger partial charge in [0.25, 0.3) is 8.32 Å². The predicted molar refractivity (Wildman–Crippen MR) is 183 cm³/mol. The van der Waals surface area contributed by atoms with Crippen LogP contribution in [0.15, 0.2) is 121 Å². The summed E-state index contributed by atoms with van der Waals surface area (Å²) in [5.41, 5.74) is 8.84. The molecule has 2 N–H and O–H groups in total. The molecule has 7 heteroatoms. The molecule has 0 aliphatic rings. The second-order valence-corrected chi connectivity index (χ2v) is 16.7.